The van der Waals surface area contributed by atoms with Crippen LogP contribution in [0.15, 0.2) is 24.3 Å². The standard InChI is InChI=1S/C14H15FN2O3/c1-8(9-4-6-10(15)7-5-9)17-12(19)14(2,3)11(18)16-13(17)20/h4-8H,1-3H3,(H,16,18,20). The summed E-state index contributed by atoms with van der Waals surface area (Å²) in [6.07, 6.45) is 0. The van der Waals surface area contributed by atoms with Crippen LogP contribution >= 0.6 is 0 Å². The average Bonchev–Trinajstić information content (AvgIpc) is 2.37. The van der Waals surface area contributed by atoms with Gasteiger partial charge in [-0.05, 0) is 38.5 Å². The fourth-order valence-corrected chi connectivity index (χ4v) is 2.05. The van der Waals surface area contributed by atoms with Gasteiger partial charge in [-0.25, -0.2) is 9.18 Å². The number of nitrogens with one attached hydrogen (secondary N) is 1. The van der Waals surface area contributed by atoms with Crippen LogP contribution in [0.4, 0.5) is 9.18 Å². The summed E-state index contributed by atoms with van der Waals surface area (Å²) < 4.78 is 12.9. The van der Waals surface area contributed by atoms with Gasteiger partial charge in [0.15, 0.2) is 0 Å². The van der Waals surface area contributed by atoms with E-state index in [1.807, 2.05) is 0 Å². The predicted octanol–water partition coefficient (Wildman–Crippen LogP) is 1.99. The Labute approximate surface area is 115 Å². The minimum Gasteiger partial charge on any atom is -0.277 e. The number of carbonyl (C=O) groups is 3. The zero-order chi connectivity index (χ0) is 15.1. The molecule has 1 atom stereocenters. The zero-order valence-electron chi connectivity index (χ0n) is 11.4. The molecule has 0 spiro atoms. The van der Waals surface area contributed by atoms with Crippen LogP contribution in [0.5, 0.6) is 0 Å². The van der Waals surface area contributed by atoms with Crippen LogP contribution in [0, 0.1) is 11.2 Å². The molecule has 0 bridgehead atoms. The van der Waals surface area contributed by atoms with E-state index in [1.165, 1.54) is 38.1 Å². The molecule has 4 amide bonds. The zero-order valence-corrected chi connectivity index (χ0v) is 11.4. The van der Waals surface area contributed by atoms with Gasteiger partial charge in [-0.2, -0.15) is 0 Å². The van der Waals surface area contributed by atoms with Gasteiger partial charge in [0.25, 0.3) is 0 Å². The second kappa shape index (κ2) is 4.70. The summed E-state index contributed by atoms with van der Waals surface area (Å²) in [4.78, 5) is 36.9. The lowest BCUT2D eigenvalue weighted by Gasteiger charge is -2.37. The summed E-state index contributed by atoms with van der Waals surface area (Å²) in [7, 11) is 0. The van der Waals surface area contributed by atoms with Crippen LogP contribution in [0.2, 0.25) is 0 Å². The fraction of sp³-hybridized carbons (Fsp3) is 0.357. The maximum atomic E-state index is 12.9. The molecule has 1 aliphatic heterocycles. The number of rotatable bonds is 2. The molecule has 1 aromatic carbocycles. The summed E-state index contributed by atoms with van der Waals surface area (Å²) in [6.45, 7) is 4.57. The molecule has 6 heteroatoms. The highest BCUT2D eigenvalue weighted by Crippen LogP contribution is 2.30. The summed E-state index contributed by atoms with van der Waals surface area (Å²) in [5.74, 6) is -1.58. The van der Waals surface area contributed by atoms with Gasteiger partial charge in [0.05, 0.1) is 6.04 Å². The van der Waals surface area contributed by atoms with E-state index in [4.69, 9.17) is 0 Å². The van der Waals surface area contributed by atoms with E-state index in [2.05, 4.69) is 5.32 Å². The number of nitrogens with zero attached hydrogens (tertiary/aromatic N) is 1. The van der Waals surface area contributed by atoms with Gasteiger partial charge < -0.3 is 0 Å². The van der Waals surface area contributed by atoms with E-state index in [-0.39, 0.29) is 0 Å². The molecule has 1 aliphatic rings. The Hall–Kier alpha value is -2.24. The highest BCUT2D eigenvalue weighted by Gasteiger charge is 2.48. The molecular weight excluding hydrogens is 263 g/mol. The van der Waals surface area contributed by atoms with Crippen molar-refractivity contribution in [1.29, 1.82) is 0 Å². The number of carbonyl (C=O) groups excluding carboxylic acids is 3. The molecular formula is C14H15FN2O3. The SMILES string of the molecule is CC(c1ccc(F)cc1)N1C(=O)NC(=O)C(C)(C)C1=O. The molecule has 1 heterocycles. The van der Waals surface area contributed by atoms with E-state index in [0.717, 1.165) is 4.90 Å². The van der Waals surface area contributed by atoms with Gasteiger partial charge in [0.1, 0.15) is 11.2 Å². The minimum absolute atomic E-state index is 0.397. The van der Waals surface area contributed by atoms with Crippen LogP contribution < -0.4 is 5.32 Å². The van der Waals surface area contributed by atoms with Crippen LogP contribution in [0.1, 0.15) is 32.4 Å². The first-order valence-corrected chi connectivity index (χ1v) is 6.19. The van der Waals surface area contributed by atoms with Crippen LogP contribution in [-0.4, -0.2) is 22.7 Å². The first-order chi connectivity index (χ1) is 9.25. The van der Waals surface area contributed by atoms with Crippen molar-refractivity contribution in [2.45, 2.75) is 26.8 Å². The van der Waals surface area contributed by atoms with Crippen molar-refractivity contribution in [1.82, 2.24) is 10.2 Å². The monoisotopic (exact) mass is 278 g/mol. The Balaban J connectivity index is 2.35. The Morgan fingerprint density at radius 1 is 1.15 bits per heavy atom. The van der Waals surface area contributed by atoms with Gasteiger partial charge in [-0.15, -0.1) is 0 Å². The van der Waals surface area contributed by atoms with Crippen molar-refractivity contribution in [3.8, 4) is 0 Å². The number of urea groups is 1. The van der Waals surface area contributed by atoms with Crippen LogP contribution in [0.25, 0.3) is 0 Å². The van der Waals surface area contributed by atoms with Crippen molar-refractivity contribution in [3.05, 3.63) is 35.6 Å². The number of benzene rings is 1. The molecule has 0 aliphatic carbocycles. The Morgan fingerprint density at radius 2 is 1.70 bits per heavy atom. The molecule has 5 nitrogen and oxygen atoms in total. The maximum Gasteiger partial charge on any atom is 0.331 e. The van der Waals surface area contributed by atoms with Crippen molar-refractivity contribution in [2.75, 3.05) is 0 Å². The summed E-state index contributed by atoms with van der Waals surface area (Å²) in [6, 6.07) is 4.18. The first-order valence-electron chi connectivity index (χ1n) is 6.19. The topological polar surface area (TPSA) is 66.5 Å². The second-order valence-corrected chi connectivity index (χ2v) is 5.29. The molecule has 1 N–H and O–H groups in total. The average molecular weight is 278 g/mol. The molecule has 1 fully saturated rings. The first kappa shape index (κ1) is 14.2. The highest BCUT2D eigenvalue weighted by molar-refractivity contribution is 6.18. The summed E-state index contributed by atoms with van der Waals surface area (Å²) in [5.41, 5.74) is -0.692. The second-order valence-electron chi connectivity index (χ2n) is 5.29. The van der Waals surface area contributed by atoms with E-state index in [9.17, 15) is 18.8 Å². The van der Waals surface area contributed by atoms with Crippen molar-refractivity contribution in [3.63, 3.8) is 0 Å². The lowest BCUT2D eigenvalue weighted by Crippen LogP contribution is -2.62. The van der Waals surface area contributed by atoms with Crippen molar-refractivity contribution < 1.29 is 18.8 Å². The Bertz CT molecular complexity index is 581. The molecule has 0 aromatic heterocycles. The highest BCUT2D eigenvalue weighted by atomic mass is 19.1. The van der Waals surface area contributed by atoms with Crippen LogP contribution in [-0.2, 0) is 9.59 Å². The third-order valence-electron chi connectivity index (χ3n) is 3.50. The van der Waals surface area contributed by atoms with E-state index < -0.39 is 35.1 Å². The normalized spacial score (nSPS) is 19.8. The van der Waals surface area contributed by atoms with Gasteiger partial charge in [-0.1, -0.05) is 12.1 Å². The number of amides is 4. The molecule has 20 heavy (non-hydrogen) atoms. The van der Waals surface area contributed by atoms with Crippen LogP contribution in [0.3, 0.4) is 0 Å². The maximum absolute atomic E-state index is 12.9. The van der Waals surface area contributed by atoms with Gasteiger partial charge in [0.2, 0.25) is 11.8 Å². The molecule has 1 unspecified atom stereocenters. The lowest BCUT2D eigenvalue weighted by atomic mass is 9.87. The molecule has 1 saturated heterocycles. The van der Waals surface area contributed by atoms with Gasteiger partial charge in [0, 0.05) is 0 Å². The smallest absolute Gasteiger partial charge is 0.277 e. The van der Waals surface area contributed by atoms with E-state index in [0.29, 0.717) is 5.56 Å². The molecule has 106 valence electrons. The minimum atomic E-state index is -1.30. The van der Waals surface area contributed by atoms with E-state index in [1.54, 1.807) is 6.92 Å². The molecule has 2 rings (SSSR count). The summed E-state index contributed by atoms with van der Waals surface area (Å²) >= 11 is 0. The summed E-state index contributed by atoms with van der Waals surface area (Å²) in [5, 5.41) is 2.17. The lowest BCUT2D eigenvalue weighted by molar-refractivity contribution is -0.150. The molecule has 0 saturated carbocycles. The largest absolute Gasteiger partial charge is 0.331 e. The number of hydrogen-bond acceptors (Lipinski definition) is 3. The molecule has 1 aromatic rings. The number of barbiturate groups is 1. The Kier molecular flexibility index (Phi) is 3.33. The third-order valence-corrected chi connectivity index (χ3v) is 3.50. The van der Waals surface area contributed by atoms with E-state index >= 15 is 0 Å². The predicted molar refractivity (Wildman–Crippen MR) is 69.0 cm³/mol. The van der Waals surface area contributed by atoms with Crippen molar-refractivity contribution in [2.24, 2.45) is 5.41 Å². The number of halogens is 1. The fourth-order valence-electron chi connectivity index (χ4n) is 2.05. The number of imide groups is 2. The molecule has 0 radical (unpaired) electrons. The third kappa shape index (κ3) is 2.17. The van der Waals surface area contributed by atoms with Crippen molar-refractivity contribution >= 4 is 17.8 Å². The van der Waals surface area contributed by atoms with Gasteiger partial charge >= 0.3 is 6.03 Å². The quantitative estimate of drug-likeness (QED) is 0.841. The van der Waals surface area contributed by atoms with Gasteiger partial charge in [-0.3, -0.25) is 19.8 Å². The number of hydrogen-bond donors (Lipinski definition) is 1. The Morgan fingerprint density at radius 3 is 2.25 bits per heavy atom.